The van der Waals surface area contributed by atoms with Crippen LogP contribution in [0.1, 0.15) is 48.9 Å². The van der Waals surface area contributed by atoms with Gasteiger partial charge in [-0.1, -0.05) is 73.0 Å². The van der Waals surface area contributed by atoms with Gasteiger partial charge in [0.05, 0.1) is 10.6 Å². The predicted octanol–water partition coefficient (Wildman–Crippen LogP) is 5.14. The van der Waals surface area contributed by atoms with E-state index in [9.17, 15) is 18.0 Å². The number of sulfonamides is 1. The summed E-state index contributed by atoms with van der Waals surface area (Å²) in [5.74, 6) is -0.736. The zero-order chi connectivity index (χ0) is 28.6. The molecule has 1 atom stereocenters. The zero-order valence-corrected chi connectivity index (χ0v) is 24.3. The van der Waals surface area contributed by atoms with Gasteiger partial charge in [0.15, 0.2) is 0 Å². The molecule has 0 spiro atoms. The van der Waals surface area contributed by atoms with E-state index >= 15 is 0 Å². The molecule has 7 nitrogen and oxygen atoms in total. The maximum atomic E-state index is 13.9. The number of benzene rings is 3. The van der Waals surface area contributed by atoms with Crippen molar-refractivity contribution in [2.24, 2.45) is 0 Å². The Morgan fingerprint density at radius 2 is 1.51 bits per heavy atom. The lowest BCUT2D eigenvalue weighted by Crippen LogP contribution is -2.51. The molecule has 3 aromatic carbocycles. The number of carbonyl (C=O) groups excluding carboxylic acids is 2. The molecule has 0 radical (unpaired) electrons. The van der Waals surface area contributed by atoms with E-state index in [0.717, 1.165) is 39.4 Å². The van der Waals surface area contributed by atoms with E-state index in [1.54, 1.807) is 49.4 Å². The van der Waals surface area contributed by atoms with Crippen molar-refractivity contribution in [1.29, 1.82) is 0 Å². The molecule has 1 N–H and O–H groups in total. The second-order valence-corrected chi connectivity index (χ2v) is 11.9. The molecule has 0 saturated heterocycles. The topological polar surface area (TPSA) is 86.8 Å². The third-order valence-electron chi connectivity index (χ3n) is 6.61. The van der Waals surface area contributed by atoms with Crippen LogP contribution in [0.4, 0.5) is 5.69 Å². The number of nitrogens with one attached hydrogen (secondary N) is 1. The molecule has 3 rings (SSSR count). The first-order valence-electron chi connectivity index (χ1n) is 13.3. The molecule has 0 fully saturated rings. The Morgan fingerprint density at radius 3 is 2.13 bits per heavy atom. The lowest BCUT2D eigenvalue weighted by molar-refractivity contribution is -0.139. The second-order valence-electron chi connectivity index (χ2n) is 9.99. The summed E-state index contributed by atoms with van der Waals surface area (Å²) >= 11 is 0. The van der Waals surface area contributed by atoms with Crippen molar-refractivity contribution < 1.29 is 18.0 Å². The van der Waals surface area contributed by atoms with Gasteiger partial charge in [-0.25, -0.2) is 8.42 Å². The van der Waals surface area contributed by atoms with Crippen LogP contribution in [0, 0.1) is 20.8 Å². The van der Waals surface area contributed by atoms with Crippen LogP contribution in [0.15, 0.2) is 77.7 Å². The first-order valence-corrected chi connectivity index (χ1v) is 14.8. The Bertz CT molecular complexity index is 1390. The van der Waals surface area contributed by atoms with Crippen LogP contribution in [0.3, 0.4) is 0 Å². The number of anilines is 1. The largest absolute Gasteiger partial charge is 0.354 e. The summed E-state index contributed by atoms with van der Waals surface area (Å²) in [4.78, 5) is 28.5. The van der Waals surface area contributed by atoms with E-state index in [1.807, 2.05) is 58.0 Å². The Hall–Kier alpha value is -3.65. The van der Waals surface area contributed by atoms with Crippen molar-refractivity contribution in [2.75, 3.05) is 17.4 Å². The fraction of sp³-hybridized carbons (Fsp3) is 0.355. The minimum atomic E-state index is -4.07. The number of carbonyl (C=O) groups is 2. The van der Waals surface area contributed by atoms with Gasteiger partial charge in [0.2, 0.25) is 11.8 Å². The first kappa shape index (κ1) is 29.9. The highest BCUT2D eigenvalue weighted by Gasteiger charge is 2.32. The molecule has 0 aromatic heterocycles. The maximum absolute atomic E-state index is 13.9. The van der Waals surface area contributed by atoms with Crippen LogP contribution in [-0.2, 0) is 26.2 Å². The van der Waals surface area contributed by atoms with Crippen molar-refractivity contribution in [3.05, 3.63) is 95.1 Å². The van der Waals surface area contributed by atoms with Gasteiger partial charge in [-0.05, 0) is 69.5 Å². The number of hydrogen-bond donors (Lipinski definition) is 1. The van der Waals surface area contributed by atoms with Crippen LogP contribution < -0.4 is 9.62 Å². The van der Waals surface area contributed by atoms with E-state index in [1.165, 1.54) is 4.90 Å². The van der Waals surface area contributed by atoms with E-state index in [2.05, 4.69) is 5.32 Å². The zero-order valence-electron chi connectivity index (χ0n) is 23.5. The standard InChI is InChI=1S/C31H39N3O4S/c1-6-7-18-32-31(36)26(5)33(21-27-12-8-10-24(3)19-27)30(35)22-34(28-13-9-11-25(4)20-28)39(37,38)29-16-14-23(2)15-17-29/h8-17,19-20,26H,6-7,18,21-22H2,1-5H3,(H,32,36). The van der Waals surface area contributed by atoms with Crippen molar-refractivity contribution >= 4 is 27.5 Å². The molecule has 0 bridgehead atoms. The van der Waals surface area contributed by atoms with Gasteiger partial charge in [0.1, 0.15) is 12.6 Å². The molecule has 8 heteroatoms. The summed E-state index contributed by atoms with van der Waals surface area (Å²) in [6.45, 7) is 9.68. The van der Waals surface area contributed by atoms with Gasteiger partial charge in [0.25, 0.3) is 10.0 Å². The van der Waals surface area contributed by atoms with Crippen LogP contribution in [-0.4, -0.2) is 44.3 Å². The Kier molecular flexibility index (Phi) is 10.3. The summed E-state index contributed by atoms with van der Waals surface area (Å²) in [5.41, 5.74) is 4.08. The maximum Gasteiger partial charge on any atom is 0.264 e. The molecule has 0 aliphatic carbocycles. The molecule has 0 aliphatic rings. The summed E-state index contributed by atoms with van der Waals surface area (Å²) in [6.07, 6.45) is 1.77. The Balaban J connectivity index is 2.00. The van der Waals surface area contributed by atoms with Crippen molar-refractivity contribution in [3.8, 4) is 0 Å². The summed E-state index contributed by atoms with van der Waals surface area (Å²) in [6, 6.07) is 20.5. The molecule has 0 heterocycles. The highest BCUT2D eigenvalue weighted by atomic mass is 32.2. The van der Waals surface area contributed by atoms with Gasteiger partial charge in [-0.15, -0.1) is 0 Å². The van der Waals surface area contributed by atoms with Crippen LogP contribution in [0.25, 0.3) is 0 Å². The lowest BCUT2D eigenvalue weighted by atomic mass is 10.1. The smallest absolute Gasteiger partial charge is 0.264 e. The van der Waals surface area contributed by atoms with Crippen molar-refractivity contribution in [2.45, 2.75) is 64.9 Å². The van der Waals surface area contributed by atoms with E-state index in [4.69, 9.17) is 0 Å². The number of rotatable bonds is 12. The number of hydrogen-bond acceptors (Lipinski definition) is 4. The lowest BCUT2D eigenvalue weighted by Gasteiger charge is -2.32. The third-order valence-corrected chi connectivity index (χ3v) is 8.40. The second kappa shape index (κ2) is 13.4. The van der Waals surface area contributed by atoms with Crippen molar-refractivity contribution in [3.63, 3.8) is 0 Å². The van der Waals surface area contributed by atoms with Gasteiger partial charge < -0.3 is 10.2 Å². The van der Waals surface area contributed by atoms with Gasteiger partial charge >= 0.3 is 0 Å². The van der Waals surface area contributed by atoms with Crippen LogP contribution in [0.5, 0.6) is 0 Å². The highest BCUT2D eigenvalue weighted by molar-refractivity contribution is 7.92. The van der Waals surface area contributed by atoms with Gasteiger partial charge in [-0.3, -0.25) is 13.9 Å². The van der Waals surface area contributed by atoms with Gasteiger partial charge in [-0.2, -0.15) is 0 Å². The van der Waals surface area contributed by atoms with Gasteiger partial charge in [0, 0.05) is 13.1 Å². The summed E-state index contributed by atoms with van der Waals surface area (Å²) in [7, 11) is -4.07. The monoisotopic (exact) mass is 549 g/mol. The molecule has 0 aliphatic heterocycles. The predicted molar refractivity (Wildman–Crippen MR) is 156 cm³/mol. The Morgan fingerprint density at radius 1 is 0.872 bits per heavy atom. The molecule has 39 heavy (non-hydrogen) atoms. The highest BCUT2D eigenvalue weighted by Crippen LogP contribution is 2.25. The average Bonchev–Trinajstić information content (AvgIpc) is 2.90. The molecule has 208 valence electrons. The van der Waals surface area contributed by atoms with Crippen LogP contribution >= 0.6 is 0 Å². The normalized spacial score (nSPS) is 12.0. The average molecular weight is 550 g/mol. The Labute approximate surface area is 232 Å². The first-order chi connectivity index (χ1) is 18.5. The number of aryl methyl sites for hydroxylation is 3. The molecular formula is C31H39N3O4S. The van der Waals surface area contributed by atoms with Crippen molar-refractivity contribution in [1.82, 2.24) is 10.2 Å². The third kappa shape index (κ3) is 7.93. The minimum Gasteiger partial charge on any atom is -0.354 e. The van der Waals surface area contributed by atoms with E-state index < -0.39 is 28.5 Å². The molecular weight excluding hydrogens is 510 g/mol. The SMILES string of the molecule is CCCCNC(=O)C(C)N(Cc1cccc(C)c1)C(=O)CN(c1cccc(C)c1)S(=O)(=O)c1ccc(C)cc1. The number of nitrogens with zero attached hydrogens (tertiary/aromatic N) is 2. The van der Waals surface area contributed by atoms with E-state index in [0.29, 0.717) is 12.2 Å². The molecule has 3 aromatic rings. The van der Waals surface area contributed by atoms with E-state index in [-0.39, 0.29) is 17.3 Å². The number of amides is 2. The summed E-state index contributed by atoms with van der Waals surface area (Å²) in [5, 5.41) is 2.91. The van der Waals surface area contributed by atoms with Crippen LogP contribution in [0.2, 0.25) is 0 Å². The fourth-order valence-electron chi connectivity index (χ4n) is 4.28. The molecule has 1 unspecified atom stereocenters. The minimum absolute atomic E-state index is 0.0954. The quantitative estimate of drug-likeness (QED) is 0.317. The summed E-state index contributed by atoms with van der Waals surface area (Å²) < 4.78 is 28.9. The number of unbranched alkanes of at least 4 members (excludes halogenated alkanes) is 1. The molecule has 2 amide bonds. The molecule has 0 saturated carbocycles. The fourth-order valence-corrected chi connectivity index (χ4v) is 5.68.